The van der Waals surface area contributed by atoms with Crippen molar-refractivity contribution in [1.29, 1.82) is 0 Å². The van der Waals surface area contributed by atoms with E-state index in [9.17, 15) is 4.79 Å². The van der Waals surface area contributed by atoms with E-state index in [0.717, 1.165) is 18.5 Å². The molecule has 4 rings (SSSR count). The molecule has 2 aromatic carbocycles. The van der Waals surface area contributed by atoms with Crippen LogP contribution >= 0.6 is 11.6 Å². The van der Waals surface area contributed by atoms with E-state index in [1.165, 1.54) is 11.1 Å². The normalized spacial score (nSPS) is 18.1. The number of hydrogen-bond donors (Lipinski definition) is 2. The molecule has 2 aromatic rings. The third-order valence-corrected chi connectivity index (χ3v) is 5.02. The molecule has 0 aromatic heterocycles. The number of nitrogens with one attached hydrogen (secondary N) is 2. The molecule has 2 N–H and O–H groups in total. The molecule has 6 heteroatoms. The summed E-state index contributed by atoms with van der Waals surface area (Å²) in [6.07, 6.45) is 1.28. The predicted molar refractivity (Wildman–Crippen MR) is 100 cm³/mol. The molecule has 0 radical (unpaired) electrons. The summed E-state index contributed by atoms with van der Waals surface area (Å²) in [4.78, 5) is 12.4. The molecule has 5 nitrogen and oxygen atoms in total. The summed E-state index contributed by atoms with van der Waals surface area (Å²) in [5, 5.41) is 6.98. The highest BCUT2D eigenvalue weighted by atomic mass is 35.5. The Balaban J connectivity index is 1.39. The lowest BCUT2D eigenvalue weighted by Gasteiger charge is -2.27. The van der Waals surface area contributed by atoms with Gasteiger partial charge in [-0.3, -0.25) is 4.79 Å². The largest absolute Gasteiger partial charge is 0.486 e. The van der Waals surface area contributed by atoms with Crippen LogP contribution in [0, 0.1) is 0 Å². The molecule has 0 aliphatic carbocycles. The van der Waals surface area contributed by atoms with E-state index in [0.29, 0.717) is 36.3 Å². The first-order chi connectivity index (χ1) is 12.7. The van der Waals surface area contributed by atoms with Crippen molar-refractivity contribution in [2.24, 2.45) is 0 Å². The van der Waals surface area contributed by atoms with E-state index in [1.807, 2.05) is 12.1 Å². The summed E-state index contributed by atoms with van der Waals surface area (Å²) in [5.74, 6) is 1.13. The van der Waals surface area contributed by atoms with Gasteiger partial charge in [-0.25, -0.2) is 0 Å². The molecule has 0 bridgehead atoms. The highest BCUT2D eigenvalue weighted by Gasteiger charge is 2.21. The Morgan fingerprint density at radius 1 is 1.23 bits per heavy atom. The van der Waals surface area contributed by atoms with Crippen LogP contribution in [0.25, 0.3) is 0 Å². The number of hydrogen-bond acceptors (Lipinski definition) is 4. The third-order valence-electron chi connectivity index (χ3n) is 4.74. The van der Waals surface area contributed by atoms with E-state index >= 15 is 0 Å². The zero-order valence-electron chi connectivity index (χ0n) is 14.4. The lowest BCUT2D eigenvalue weighted by atomic mass is 9.94. The molecule has 2 aliphatic heterocycles. The van der Waals surface area contributed by atoms with E-state index in [2.05, 4.69) is 28.8 Å². The number of carbonyl (C=O) groups is 1. The Hall–Kier alpha value is -2.24. The van der Waals surface area contributed by atoms with Crippen LogP contribution in [0.4, 0.5) is 0 Å². The fraction of sp³-hybridized carbons (Fsp3) is 0.350. The summed E-state index contributed by atoms with van der Waals surface area (Å²) in [5.41, 5.74) is 3.43. The third kappa shape index (κ3) is 3.64. The first-order valence-electron chi connectivity index (χ1n) is 8.86. The molecular formula is C20H21ClN2O3. The van der Waals surface area contributed by atoms with Gasteiger partial charge in [-0.2, -0.15) is 0 Å². The van der Waals surface area contributed by atoms with Gasteiger partial charge in [0.2, 0.25) is 5.91 Å². The van der Waals surface area contributed by atoms with Gasteiger partial charge >= 0.3 is 0 Å². The summed E-state index contributed by atoms with van der Waals surface area (Å²) in [6, 6.07) is 12.1. The van der Waals surface area contributed by atoms with Crippen molar-refractivity contribution in [3.8, 4) is 11.5 Å². The second kappa shape index (κ2) is 7.56. The standard InChI is InChI=1S/C20H21ClN2O3/c21-16-9-13(10-18-20(16)26-8-7-25-18)11-19(24)23-12-17-15-4-2-1-3-14(15)5-6-22-17/h1-4,9-10,17,22H,5-8,11-12H2,(H,23,24). The van der Waals surface area contributed by atoms with Crippen LogP contribution in [-0.2, 0) is 17.6 Å². The number of ether oxygens (including phenoxy) is 2. The zero-order valence-corrected chi connectivity index (χ0v) is 15.1. The van der Waals surface area contributed by atoms with Crippen molar-refractivity contribution >= 4 is 17.5 Å². The van der Waals surface area contributed by atoms with E-state index in [4.69, 9.17) is 21.1 Å². The quantitative estimate of drug-likeness (QED) is 0.866. The molecule has 0 spiro atoms. The maximum Gasteiger partial charge on any atom is 0.224 e. The predicted octanol–water partition coefficient (Wildman–Crippen LogP) is 2.66. The second-order valence-corrected chi connectivity index (χ2v) is 6.95. The topological polar surface area (TPSA) is 59.6 Å². The molecule has 136 valence electrons. The molecule has 2 heterocycles. The van der Waals surface area contributed by atoms with Crippen molar-refractivity contribution in [3.63, 3.8) is 0 Å². The summed E-state index contributed by atoms with van der Waals surface area (Å²) < 4.78 is 11.1. The smallest absolute Gasteiger partial charge is 0.224 e. The maximum atomic E-state index is 12.4. The number of amides is 1. The Morgan fingerprint density at radius 2 is 2.08 bits per heavy atom. The first-order valence-corrected chi connectivity index (χ1v) is 9.24. The van der Waals surface area contributed by atoms with Crippen LogP contribution < -0.4 is 20.1 Å². The molecule has 1 unspecified atom stereocenters. The lowest BCUT2D eigenvalue weighted by molar-refractivity contribution is -0.120. The average molecular weight is 373 g/mol. The molecule has 0 saturated heterocycles. The van der Waals surface area contributed by atoms with Crippen LogP contribution in [-0.4, -0.2) is 32.2 Å². The van der Waals surface area contributed by atoms with Gasteiger partial charge in [-0.1, -0.05) is 35.9 Å². The van der Waals surface area contributed by atoms with Crippen LogP contribution in [0.1, 0.15) is 22.7 Å². The van der Waals surface area contributed by atoms with Gasteiger partial charge in [-0.05, 0) is 41.8 Å². The Labute approximate surface area is 157 Å². The van der Waals surface area contributed by atoms with Crippen molar-refractivity contribution in [2.75, 3.05) is 26.3 Å². The van der Waals surface area contributed by atoms with Crippen molar-refractivity contribution < 1.29 is 14.3 Å². The number of benzene rings is 2. The average Bonchev–Trinajstić information content (AvgIpc) is 2.66. The molecule has 26 heavy (non-hydrogen) atoms. The lowest BCUT2D eigenvalue weighted by Crippen LogP contribution is -2.39. The maximum absolute atomic E-state index is 12.4. The fourth-order valence-corrected chi connectivity index (χ4v) is 3.79. The Morgan fingerprint density at radius 3 is 3.00 bits per heavy atom. The second-order valence-electron chi connectivity index (χ2n) is 6.54. The van der Waals surface area contributed by atoms with Crippen molar-refractivity contribution in [2.45, 2.75) is 18.9 Å². The van der Waals surface area contributed by atoms with Gasteiger partial charge < -0.3 is 20.1 Å². The fourth-order valence-electron chi connectivity index (χ4n) is 3.51. The minimum atomic E-state index is -0.0393. The van der Waals surface area contributed by atoms with Crippen molar-refractivity contribution in [1.82, 2.24) is 10.6 Å². The number of rotatable bonds is 4. The Kier molecular flexibility index (Phi) is 5.00. The van der Waals surface area contributed by atoms with Crippen LogP contribution in [0.2, 0.25) is 5.02 Å². The van der Waals surface area contributed by atoms with E-state index < -0.39 is 0 Å². The minimum absolute atomic E-state index is 0.0393. The molecule has 1 amide bonds. The van der Waals surface area contributed by atoms with Crippen LogP contribution in [0.15, 0.2) is 36.4 Å². The van der Waals surface area contributed by atoms with Gasteiger partial charge in [-0.15, -0.1) is 0 Å². The van der Waals surface area contributed by atoms with Gasteiger partial charge in [0.15, 0.2) is 11.5 Å². The van der Waals surface area contributed by atoms with Gasteiger partial charge in [0, 0.05) is 12.6 Å². The van der Waals surface area contributed by atoms with Gasteiger partial charge in [0.05, 0.1) is 11.4 Å². The van der Waals surface area contributed by atoms with Crippen molar-refractivity contribution in [3.05, 3.63) is 58.1 Å². The SMILES string of the molecule is O=C(Cc1cc(Cl)c2c(c1)OCCO2)NCC1NCCc2ccccc21. The number of halogens is 1. The highest BCUT2D eigenvalue weighted by Crippen LogP contribution is 2.38. The minimum Gasteiger partial charge on any atom is -0.486 e. The molecule has 1 atom stereocenters. The van der Waals surface area contributed by atoms with E-state index in [-0.39, 0.29) is 18.4 Å². The molecule has 0 fully saturated rings. The summed E-state index contributed by atoms with van der Waals surface area (Å²) >= 11 is 6.24. The van der Waals surface area contributed by atoms with Gasteiger partial charge in [0.25, 0.3) is 0 Å². The Bertz CT molecular complexity index is 825. The molecule has 0 saturated carbocycles. The number of carbonyl (C=O) groups excluding carboxylic acids is 1. The summed E-state index contributed by atoms with van der Waals surface area (Å²) in [6.45, 7) is 2.47. The number of fused-ring (bicyclic) bond motifs is 2. The first kappa shape index (κ1) is 17.2. The van der Waals surface area contributed by atoms with Gasteiger partial charge in [0.1, 0.15) is 13.2 Å². The van der Waals surface area contributed by atoms with Crippen LogP contribution in [0.5, 0.6) is 11.5 Å². The monoisotopic (exact) mass is 372 g/mol. The highest BCUT2D eigenvalue weighted by molar-refractivity contribution is 6.32. The zero-order chi connectivity index (χ0) is 17.9. The molecular weight excluding hydrogens is 352 g/mol. The van der Waals surface area contributed by atoms with Crippen LogP contribution in [0.3, 0.4) is 0 Å². The van der Waals surface area contributed by atoms with E-state index in [1.54, 1.807) is 6.07 Å². The summed E-state index contributed by atoms with van der Waals surface area (Å²) in [7, 11) is 0. The molecule has 2 aliphatic rings.